The van der Waals surface area contributed by atoms with E-state index in [0.29, 0.717) is 29.4 Å². The third-order valence-corrected chi connectivity index (χ3v) is 4.98. The van der Waals surface area contributed by atoms with Crippen LogP contribution in [-0.2, 0) is 29.1 Å². The SMILES string of the molecule is Cc1nn(CC(=O)N2Cc3ccccc3C[C@@H]2C(=O)O)c(C)c1Cl. The van der Waals surface area contributed by atoms with E-state index in [1.165, 1.54) is 9.58 Å². The molecule has 6 nitrogen and oxygen atoms in total. The van der Waals surface area contributed by atoms with Gasteiger partial charge < -0.3 is 10.0 Å². The lowest BCUT2D eigenvalue weighted by Gasteiger charge is -2.34. The topological polar surface area (TPSA) is 75.4 Å². The zero-order valence-corrected chi connectivity index (χ0v) is 14.2. The molecule has 0 aliphatic carbocycles. The van der Waals surface area contributed by atoms with Crippen LogP contribution < -0.4 is 0 Å². The third kappa shape index (κ3) is 2.89. The Morgan fingerprint density at radius 1 is 1.29 bits per heavy atom. The van der Waals surface area contributed by atoms with Crippen LogP contribution in [0.25, 0.3) is 0 Å². The molecule has 24 heavy (non-hydrogen) atoms. The summed E-state index contributed by atoms with van der Waals surface area (Å²) in [6, 6.07) is 6.75. The van der Waals surface area contributed by atoms with Crippen LogP contribution in [0.3, 0.4) is 0 Å². The Morgan fingerprint density at radius 3 is 2.54 bits per heavy atom. The minimum Gasteiger partial charge on any atom is -0.480 e. The van der Waals surface area contributed by atoms with E-state index < -0.39 is 12.0 Å². The highest BCUT2D eigenvalue weighted by Crippen LogP contribution is 2.25. The largest absolute Gasteiger partial charge is 0.480 e. The number of aromatic nitrogens is 2. The molecule has 0 fully saturated rings. The molecule has 1 aliphatic heterocycles. The quantitative estimate of drug-likeness (QED) is 0.923. The second-order valence-corrected chi connectivity index (χ2v) is 6.37. The summed E-state index contributed by atoms with van der Waals surface area (Å²) in [4.78, 5) is 25.8. The number of amides is 1. The van der Waals surface area contributed by atoms with E-state index in [4.69, 9.17) is 11.6 Å². The molecule has 0 bridgehead atoms. The van der Waals surface area contributed by atoms with Crippen LogP contribution in [0.2, 0.25) is 5.02 Å². The number of aliphatic carboxylic acids is 1. The van der Waals surface area contributed by atoms with Gasteiger partial charge in [0.25, 0.3) is 0 Å². The second-order valence-electron chi connectivity index (χ2n) is 5.99. The van der Waals surface area contributed by atoms with E-state index in [1.807, 2.05) is 24.3 Å². The first-order valence-corrected chi connectivity index (χ1v) is 8.05. The highest BCUT2D eigenvalue weighted by Gasteiger charge is 2.34. The predicted molar refractivity (Wildman–Crippen MR) is 88.8 cm³/mol. The van der Waals surface area contributed by atoms with Crippen molar-refractivity contribution < 1.29 is 14.7 Å². The number of carboxylic acid groups (broad SMARTS) is 1. The second kappa shape index (κ2) is 6.28. The number of rotatable bonds is 3. The summed E-state index contributed by atoms with van der Waals surface area (Å²) < 4.78 is 1.53. The molecular weight excluding hydrogens is 330 g/mol. The van der Waals surface area contributed by atoms with Crippen LogP contribution in [0.1, 0.15) is 22.5 Å². The number of carboxylic acids is 1. The van der Waals surface area contributed by atoms with Gasteiger partial charge in [-0.3, -0.25) is 9.48 Å². The smallest absolute Gasteiger partial charge is 0.326 e. The molecule has 1 atom stereocenters. The molecule has 1 amide bonds. The van der Waals surface area contributed by atoms with Crippen molar-refractivity contribution in [1.82, 2.24) is 14.7 Å². The van der Waals surface area contributed by atoms with E-state index >= 15 is 0 Å². The van der Waals surface area contributed by atoms with Crippen molar-refractivity contribution >= 4 is 23.5 Å². The van der Waals surface area contributed by atoms with Gasteiger partial charge in [0.1, 0.15) is 12.6 Å². The monoisotopic (exact) mass is 347 g/mol. The van der Waals surface area contributed by atoms with Gasteiger partial charge in [0.05, 0.1) is 16.4 Å². The molecule has 0 saturated heterocycles. The number of hydrogen-bond donors (Lipinski definition) is 1. The third-order valence-electron chi connectivity index (χ3n) is 4.43. The molecule has 1 aliphatic rings. The van der Waals surface area contributed by atoms with Gasteiger partial charge in [0.2, 0.25) is 5.91 Å². The molecule has 126 valence electrons. The maximum atomic E-state index is 12.7. The average molecular weight is 348 g/mol. The Labute approximate surface area is 144 Å². The maximum Gasteiger partial charge on any atom is 0.326 e. The lowest BCUT2D eigenvalue weighted by molar-refractivity contribution is -0.151. The molecule has 0 spiro atoms. The number of aryl methyl sites for hydroxylation is 1. The van der Waals surface area contributed by atoms with Crippen LogP contribution in [-0.4, -0.2) is 37.7 Å². The summed E-state index contributed by atoms with van der Waals surface area (Å²) in [7, 11) is 0. The Balaban J connectivity index is 1.87. The Bertz CT molecular complexity index is 815. The molecule has 0 radical (unpaired) electrons. The van der Waals surface area contributed by atoms with E-state index in [2.05, 4.69) is 5.10 Å². The molecule has 7 heteroatoms. The van der Waals surface area contributed by atoms with Crippen LogP contribution in [0, 0.1) is 13.8 Å². The zero-order chi connectivity index (χ0) is 17.4. The minimum absolute atomic E-state index is 0.0225. The van der Waals surface area contributed by atoms with Crippen molar-refractivity contribution in [1.29, 1.82) is 0 Å². The summed E-state index contributed by atoms with van der Waals surface area (Å²) in [6.45, 7) is 3.83. The fourth-order valence-corrected chi connectivity index (χ4v) is 3.19. The fourth-order valence-electron chi connectivity index (χ4n) is 3.05. The van der Waals surface area contributed by atoms with Crippen LogP contribution in [0.4, 0.5) is 0 Å². The van der Waals surface area contributed by atoms with Crippen molar-refractivity contribution in [3.8, 4) is 0 Å². The van der Waals surface area contributed by atoms with Crippen molar-refractivity contribution in [3.63, 3.8) is 0 Å². The molecule has 2 heterocycles. The first-order valence-electron chi connectivity index (χ1n) is 7.67. The fraction of sp³-hybridized carbons (Fsp3) is 0.353. The van der Waals surface area contributed by atoms with Crippen LogP contribution >= 0.6 is 11.6 Å². The van der Waals surface area contributed by atoms with E-state index in [-0.39, 0.29) is 12.5 Å². The van der Waals surface area contributed by atoms with Gasteiger partial charge in [-0.2, -0.15) is 5.10 Å². The van der Waals surface area contributed by atoms with Gasteiger partial charge in [-0.05, 0) is 25.0 Å². The van der Waals surface area contributed by atoms with Gasteiger partial charge in [-0.15, -0.1) is 0 Å². The minimum atomic E-state index is -0.996. The first-order chi connectivity index (χ1) is 11.4. The van der Waals surface area contributed by atoms with E-state index in [1.54, 1.807) is 13.8 Å². The molecular formula is C17H18ClN3O3. The number of carbonyl (C=O) groups excluding carboxylic acids is 1. The van der Waals surface area contributed by atoms with Gasteiger partial charge in [0.15, 0.2) is 0 Å². The molecule has 1 aromatic heterocycles. The summed E-state index contributed by atoms with van der Waals surface area (Å²) in [5, 5.41) is 14.3. The Morgan fingerprint density at radius 2 is 1.96 bits per heavy atom. The van der Waals surface area contributed by atoms with E-state index in [9.17, 15) is 14.7 Å². The van der Waals surface area contributed by atoms with E-state index in [0.717, 1.165) is 11.1 Å². The van der Waals surface area contributed by atoms with Crippen molar-refractivity contribution in [2.45, 2.75) is 39.4 Å². The summed E-state index contributed by atoms with van der Waals surface area (Å²) in [6.07, 6.45) is 0.315. The number of fused-ring (bicyclic) bond motifs is 1. The molecule has 1 aromatic carbocycles. The lowest BCUT2D eigenvalue weighted by Crippen LogP contribution is -2.49. The zero-order valence-electron chi connectivity index (χ0n) is 13.5. The standard InChI is InChI=1S/C17H18ClN3O3/c1-10-16(18)11(2)21(19-10)9-15(22)20-8-13-6-4-3-5-12(13)7-14(20)17(23)24/h3-6,14H,7-9H2,1-2H3,(H,23,24)/t14-/m1/s1. The van der Waals surface area contributed by atoms with Crippen molar-refractivity contribution in [2.24, 2.45) is 0 Å². The van der Waals surface area contributed by atoms with Gasteiger partial charge in [-0.1, -0.05) is 35.9 Å². The average Bonchev–Trinajstić information content (AvgIpc) is 2.80. The predicted octanol–water partition coefficient (Wildman–Crippen LogP) is 2.19. The number of carbonyl (C=O) groups is 2. The maximum absolute atomic E-state index is 12.7. The summed E-state index contributed by atoms with van der Waals surface area (Å²) in [5.41, 5.74) is 3.31. The number of hydrogen-bond acceptors (Lipinski definition) is 3. The molecule has 0 unspecified atom stereocenters. The van der Waals surface area contributed by atoms with Crippen molar-refractivity contribution in [3.05, 3.63) is 51.8 Å². The molecule has 0 saturated carbocycles. The number of halogens is 1. The lowest BCUT2D eigenvalue weighted by atomic mass is 9.94. The Kier molecular flexibility index (Phi) is 4.32. The number of benzene rings is 1. The van der Waals surface area contributed by atoms with Gasteiger partial charge in [0, 0.05) is 13.0 Å². The van der Waals surface area contributed by atoms with Crippen LogP contribution in [0.5, 0.6) is 0 Å². The van der Waals surface area contributed by atoms with Crippen molar-refractivity contribution in [2.75, 3.05) is 0 Å². The Hall–Kier alpha value is -2.34. The molecule has 3 rings (SSSR count). The highest BCUT2D eigenvalue weighted by atomic mass is 35.5. The van der Waals surface area contributed by atoms with Gasteiger partial charge >= 0.3 is 5.97 Å². The normalized spacial score (nSPS) is 16.8. The number of nitrogens with zero attached hydrogens (tertiary/aromatic N) is 3. The molecule has 1 N–H and O–H groups in total. The first kappa shape index (κ1) is 16.5. The summed E-state index contributed by atoms with van der Waals surface area (Å²) >= 11 is 6.11. The van der Waals surface area contributed by atoms with Crippen LogP contribution in [0.15, 0.2) is 24.3 Å². The van der Waals surface area contributed by atoms with Gasteiger partial charge in [-0.25, -0.2) is 4.79 Å². The molecule has 2 aromatic rings. The summed E-state index contributed by atoms with van der Waals surface area (Å²) in [5.74, 6) is -1.27. The highest BCUT2D eigenvalue weighted by molar-refractivity contribution is 6.31.